The van der Waals surface area contributed by atoms with Gasteiger partial charge in [-0.25, -0.2) is 17.8 Å². The lowest BCUT2D eigenvalue weighted by molar-refractivity contribution is 0.0478. The first kappa shape index (κ1) is 25.9. The maximum absolute atomic E-state index is 13.5. The minimum absolute atomic E-state index is 0.108. The second kappa shape index (κ2) is 11.3. The maximum Gasteiger partial charge on any atom is 0.289 e. The van der Waals surface area contributed by atoms with Crippen molar-refractivity contribution in [2.45, 2.75) is 42.9 Å². The molecule has 0 bridgehead atoms. The van der Waals surface area contributed by atoms with Crippen molar-refractivity contribution in [2.24, 2.45) is 0 Å². The fourth-order valence-corrected chi connectivity index (χ4v) is 6.06. The summed E-state index contributed by atoms with van der Waals surface area (Å²) in [5.74, 6) is -0.884. The van der Waals surface area contributed by atoms with E-state index < -0.39 is 15.7 Å². The number of hydrogen-bond donors (Lipinski definition) is 0. The van der Waals surface area contributed by atoms with Crippen LogP contribution in [0.4, 0.5) is 4.39 Å². The first-order valence-corrected chi connectivity index (χ1v) is 14.0. The van der Waals surface area contributed by atoms with Crippen LogP contribution in [0.15, 0.2) is 88.8 Å². The van der Waals surface area contributed by atoms with Crippen molar-refractivity contribution in [3.63, 3.8) is 0 Å². The highest BCUT2D eigenvalue weighted by Crippen LogP contribution is 2.23. The van der Waals surface area contributed by atoms with Crippen LogP contribution in [0.25, 0.3) is 0 Å². The van der Waals surface area contributed by atoms with E-state index in [1.807, 2.05) is 30.3 Å². The van der Waals surface area contributed by atoms with Crippen LogP contribution in [0.5, 0.6) is 0 Å². The molecule has 1 fully saturated rings. The van der Waals surface area contributed by atoms with Crippen LogP contribution >= 0.6 is 0 Å². The highest BCUT2D eigenvalue weighted by Gasteiger charge is 2.29. The molecular formula is C28H28FN3O5S. The molecule has 8 nitrogen and oxygen atoms in total. The van der Waals surface area contributed by atoms with Crippen molar-refractivity contribution in [1.82, 2.24) is 14.5 Å². The number of hydrogen-bond acceptors (Lipinski definition) is 6. The Morgan fingerprint density at radius 1 is 1.05 bits per heavy atom. The van der Waals surface area contributed by atoms with Gasteiger partial charge in [-0.1, -0.05) is 42.5 Å². The third-order valence-electron chi connectivity index (χ3n) is 6.45. The van der Waals surface area contributed by atoms with Gasteiger partial charge in [0.15, 0.2) is 5.76 Å². The van der Waals surface area contributed by atoms with Gasteiger partial charge in [0.1, 0.15) is 5.82 Å². The Kier molecular flexibility index (Phi) is 7.71. The predicted octanol–water partition coefficient (Wildman–Crippen LogP) is 4.46. The van der Waals surface area contributed by atoms with Gasteiger partial charge in [-0.2, -0.15) is 0 Å². The minimum atomic E-state index is -3.89. The zero-order valence-corrected chi connectivity index (χ0v) is 21.5. The number of benzene rings is 2. The van der Waals surface area contributed by atoms with E-state index >= 15 is 0 Å². The minimum Gasteiger partial charge on any atom is -0.459 e. The standard InChI is InChI=1S/C28H28FN3O5S/c29-23-12-10-22(11-13-23)20-38(34,35)28-30-16-24(32(28)17-21-6-2-1-3-7-21)18-31(19-25-8-4-14-36-25)27(33)26-9-5-15-37-26/h1-3,5-7,9-13,15-16,25H,4,8,14,17-20H2. The van der Waals surface area contributed by atoms with Crippen molar-refractivity contribution >= 4 is 15.7 Å². The Labute approximate surface area is 220 Å². The number of sulfone groups is 1. The van der Waals surface area contributed by atoms with Crippen molar-refractivity contribution in [3.8, 4) is 0 Å². The van der Waals surface area contributed by atoms with Crippen LogP contribution in [-0.2, 0) is 33.4 Å². The summed E-state index contributed by atoms with van der Waals surface area (Å²) in [5, 5.41) is -0.108. The molecule has 1 amide bonds. The molecule has 0 N–H and O–H groups in total. The highest BCUT2D eigenvalue weighted by molar-refractivity contribution is 7.90. The zero-order chi connectivity index (χ0) is 26.5. The van der Waals surface area contributed by atoms with Gasteiger partial charge in [-0.05, 0) is 48.2 Å². The van der Waals surface area contributed by atoms with Gasteiger partial charge in [-0.3, -0.25) is 4.79 Å². The second-order valence-electron chi connectivity index (χ2n) is 9.29. The number of imidazole rings is 1. The van der Waals surface area contributed by atoms with Gasteiger partial charge in [-0.15, -0.1) is 0 Å². The topological polar surface area (TPSA) is 94.6 Å². The number of halogens is 1. The summed E-state index contributed by atoms with van der Waals surface area (Å²) in [5.41, 5.74) is 1.90. The molecule has 1 aliphatic rings. The largest absolute Gasteiger partial charge is 0.459 e. The van der Waals surface area contributed by atoms with E-state index in [0.29, 0.717) is 24.4 Å². The number of carbonyl (C=O) groups excluding carboxylic acids is 1. The van der Waals surface area contributed by atoms with Crippen LogP contribution in [0.3, 0.4) is 0 Å². The summed E-state index contributed by atoms with van der Waals surface area (Å²) in [4.78, 5) is 19.3. The number of rotatable bonds is 10. The molecule has 1 aliphatic heterocycles. The summed E-state index contributed by atoms with van der Waals surface area (Å²) in [6.45, 7) is 1.35. The Hall–Kier alpha value is -3.76. The van der Waals surface area contributed by atoms with Crippen molar-refractivity contribution in [2.75, 3.05) is 13.2 Å². The smallest absolute Gasteiger partial charge is 0.289 e. The van der Waals surface area contributed by atoms with Gasteiger partial charge < -0.3 is 18.6 Å². The van der Waals surface area contributed by atoms with E-state index in [2.05, 4.69) is 4.98 Å². The molecule has 1 atom stereocenters. The third-order valence-corrected chi connectivity index (χ3v) is 8.05. The molecule has 3 heterocycles. The zero-order valence-electron chi connectivity index (χ0n) is 20.7. The normalized spacial score (nSPS) is 15.6. The van der Waals surface area contributed by atoms with Crippen LogP contribution in [0.2, 0.25) is 0 Å². The molecule has 1 unspecified atom stereocenters. The van der Waals surface area contributed by atoms with Crippen LogP contribution in [0, 0.1) is 5.82 Å². The molecule has 0 radical (unpaired) electrons. The number of amides is 1. The average molecular weight is 538 g/mol. The van der Waals surface area contributed by atoms with Crippen molar-refractivity contribution < 1.29 is 26.8 Å². The SMILES string of the molecule is O=C(c1ccco1)N(Cc1cnc(S(=O)(=O)Cc2ccc(F)cc2)n1Cc1ccccc1)CC1CCCO1. The first-order chi connectivity index (χ1) is 18.4. The van der Waals surface area contributed by atoms with Crippen LogP contribution in [-0.4, -0.2) is 48.0 Å². The van der Waals surface area contributed by atoms with E-state index in [1.165, 1.54) is 36.7 Å². The lowest BCUT2D eigenvalue weighted by Crippen LogP contribution is -2.37. The number of carbonyl (C=O) groups is 1. The van der Waals surface area contributed by atoms with Crippen LogP contribution < -0.4 is 0 Å². The fraction of sp³-hybridized carbons (Fsp3) is 0.286. The molecule has 10 heteroatoms. The second-order valence-corrected chi connectivity index (χ2v) is 11.2. The summed E-state index contributed by atoms with van der Waals surface area (Å²) < 4.78 is 53.2. The Morgan fingerprint density at radius 2 is 1.84 bits per heavy atom. The van der Waals surface area contributed by atoms with E-state index in [4.69, 9.17) is 9.15 Å². The molecule has 2 aromatic carbocycles. The lowest BCUT2D eigenvalue weighted by atomic mass is 10.2. The highest BCUT2D eigenvalue weighted by atomic mass is 32.2. The quantitative estimate of drug-likeness (QED) is 0.297. The van der Waals surface area contributed by atoms with Gasteiger partial charge in [0, 0.05) is 13.2 Å². The molecule has 38 heavy (non-hydrogen) atoms. The molecule has 0 aliphatic carbocycles. The third kappa shape index (κ3) is 6.03. The Morgan fingerprint density at radius 3 is 2.53 bits per heavy atom. The van der Waals surface area contributed by atoms with E-state index in [1.54, 1.807) is 21.6 Å². The molecule has 0 spiro atoms. The van der Waals surface area contributed by atoms with Gasteiger partial charge >= 0.3 is 0 Å². The molecule has 2 aromatic heterocycles. The lowest BCUT2D eigenvalue weighted by Gasteiger charge is -2.25. The van der Waals surface area contributed by atoms with E-state index in [-0.39, 0.29) is 41.8 Å². The summed E-state index contributed by atoms with van der Waals surface area (Å²) >= 11 is 0. The number of ether oxygens (including phenoxy) is 1. The van der Waals surface area contributed by atoms with Gasteiger partial charge in [0.25, 0.3) is 5.91 Å². The van der Waals surface area contributed by atoms with E-state index in [0.717, 1.165) is 18.4 Å². The van der Waals surface area contributed by atoms with Gasteiger partial charge in [0.2, 0.25) is 15.0 Å². The van der Waals surface area contributed by atoms with E-state index in [9.17, 15) is 17.6 Å². The molecule has 1 saturated heterocycles. The van der Waals surface area contributed by atoms with Crippen molar-refractivity contribution in [3.05, 3.63) is 108 Å². The van der Waals surface area contributed by atoms with Crippen LogP contribution in [0.1, 0.15) is 40.2 Å². The monoisotopic (exact) mass is 537 g/mol. The summed E-state index contributed by atoms with van der Waals surface area (Å²) in [6.07, 6.45) is 4.59. The van der Waals surface area contributed by atoms with Crippen molar-refractivity contribution in [1.29, 1.82) is 0 Å². The molecule has 0 saturated carbocycles. The molecule has 198 valence electrons. The average Bonchev–Trinajstić information content (AvgIpc) is 3.69. The molecule has 5 rings (SSSR count). The Bertz CT molecular complexity index is 1460. The fourth-order valence-electron chi connectivity index (χ4n) is 4.57. The molecule has 4 aromatic rings. The number of nitrogens with zero attached hydrogens (tertiary/aromatic N) is 3. The summed E-state index contributed by atoms with van der Waals surface area (Å²) in [6, 6.07) is 18.1. The Balaban J connectivity index is 1.49. The number of furan rings is 1. The maximum atomic E-state index is 13.5. The molecular weight excluding hydrogens is 509 g/mol. The number of aromatic nitrogens is 2. The predicted molar refractivity (Wildman–Crippen MR) is 137 cm³/mol. The summed E-state index contributed by atoms with van der Waals surface area (Å²) in [7, 11) is -3.89. The van der Waals surface area contributed by atoms with Gasteiger partial charge in [0.05, 0.1) is 43.1 Å². The first-order valence-electron chi connectivity index (χ1n) is 12.4.